The Morgan fingerprint density at radius 1 is 1.00 bits per heavy atom. The molecule has 1 N–H and O–H groups in total. The smallest absolute Gasteiger partial charge is 0.0303 e. The van der Waals surface area contributed by atoms with E-state index >= 15 is 0 Å². The summed E-state index contributed by atoms with van der Waals surface area (Å²) in [5.74, 6) is 0.933. The van der Waals surface area contributed by atoms with Gasteiger partial charge in [-0.2, -0.15) is 0 Å². The number of piperidine rings is 1. The minimum absolute atomic E-state index is 0.376. The highest BCUT2D eigenvalue weighted by Gasteiger charge is 2.31. The maximum Gasteiger partial charge on any atom is 0.0303 e. The zero-order valence-corrected chi connectivity index (χ0v) is 14.0. The molecule has 0 bridgehead atoms. The Kier molecular flexibility index (Phi) is 6.31. The monoisotopic (exact) mass is 281 g/mol. The highest BCUT2D eigenvalue weighted by atomic mass is 15.2. The number of rotatable bonds is 5. The van der Waals surface area contributed by atoms with Crippen LogP contribution in [0.25, 0.3) is 0 Å². The molecule has 2 rings (SSSR count). The molecule has 0 aromatic rings. The van der Waals surface area contributed by atoms with E-state index in [1.165, 1.54) is 77.9 Å². The first kappa shape index (κ1) is 16.3. The average molecular weight is 281 g/mol. The highest BCUT2D eigenvalue weighted by molar-refractivity contribution is 4.91. The predicted octanol–water partition coefficient (Wildman–Crippen LogP) is 2.57. The van der Waals surface area contributed by atoms with Gasteiger partial charge in [-0.1, -0.05) is 20.8 Å². The van der Waals surface area contributed by atoms with Crippen molar-refractivity contribution in [3.8, 4) is 0 Å². The summed E-state index contributed by atoms with van der Waals surface area (Å²) < 4.78 is 0. The van der Waals surface area contributed by atoms with Crippen molar-refractivity contribution in [3.63, 3.8) is 0 Å². The van der Waals surface area contributed by atoms with Crippen LogP contribution in [0.15, 0.2) is 0 Å². The van der Waals surface area contributed by atoms with Crippen molar-refractivity contribution in [1.82, 2.24) is 15.1 Å². The molecule has 2 saturated heterocycles. The van der Waals surface area contributed by atoms with E-state index in [9.17, 15) is 0 Å². The molecule has 0 amide bonds. The lowest BCUT2D eigenvalue weighted by atomic mass is 9.91. The Morgan fingerprint density at radius 3 is 2.30 bits per heavy atom. The lowest BCUT2D eigenvalue weighted by molar-refractivity contribution is 0.129. The molecular formula is C17H35N3. The van der Waals surface area contributed by atoms with Crippen molar-refractivity contribution in [2.45, 2.75) is 58.4 Å². The molecule has 0 atom stereocenters. The fourth-order valence-corrected chi connectivity index (χ4v) is 3.95. The summed E-state index contributed by atoms with van der Waals surface area (Å²) in [6.45, 7) is 15.9. The largest absolute Gasteiger partial charge is 0.310 e. The molecule has 2 heterocycles. The fourth-order valence-electron chi connectivity index (χ4n) is 3.95. The number of likely N-dealkylation sites (tertiary alicyclic amines) is 1. The van der Waals surface area contributed by atoms with Crippen LogP contribution in [0.1, 0.15) is 52.9 Å². The first-order valence-corrected chi connectivity index (χ1v) is 8.91. The van der Waals surface area contributed by atoms with Crippen LogP contribution in [0, 0.1) is 5.92 Å². The molecule has 0 spiro atoms. The maximum atomic E-state index is 3.83. The minimum Gasteiger partial charge on any atom is -0.310 e. The van der Waals surface area contributed by atoms with Crippen molar-refractivity contribution in [3.05, 3.63) is 0 Å². The third-order valence-corrected chi connectivity index (χ3v) is 5.70. The van der Waals surface area contributed by atoms with Gasteiger partial charge in [0.15, 0.2) is 0 Å². The Morgan fingerprint density at radius 2 is 1.70 bits per heavy atom. The van der Waals surface area contributed by atoms with Crippen LogP contribution in [-0.4, -0.2) is 61.2 Å². The van der Waals surface area contributed by atoms with Crippen LogP contribution in [0.2, 0.25) is 0 Å². The molecular weight excluding hydrogens is 246 g/mol. The number of nitrogens with one attached hydrogen (secondary N) is 1. The lowest BCUT2D eigenvalue weighted by Gasteiger charge is -2.38. The second kappa shape index (κ2) is 7.77. The van der Waals surface area contributed by atoms with E-state index in [-0.39, 0.29) is 0 Å². The van der Waals surface area contributed by atoms with Gasteiger partial charge in [0.2, 0.25) is 0 Å². The summed E-state index contributed by atoms with van der Waals surface area (Å²) in [6.07, 6.45) is 6.64. The molecule has 3 heteroatoms. The Bertz CT molecular complexity index is 267. The van der Waals surface area contributed by atoms with Gasteiger partial charge in [-0.05, 0) is 70.7 Å². The molecule has 0 unspecified atom stereocenters. The average Bonchev–Trinajstić information content (AvgIpc) is 2.71. The summed E-state index contributed by atoms with van der Waals surface area (Å²) in [7, 11) is 0. The van der Waals surface area contributed by atoms with E-state index in [4.69, 9.17) is 0 Å². The normalized spacial score (nSPS) is 26.6. The summed E-state index contributed by atoms with van der Waals surface area (Å²) >= 11 is 0. The van der Waals surface area contributed by atoms with Crippen LogP contribution >= 0.6 is 0 Å². The number of nitrogens with zero attached hydrogens (tertiary/aromatic N) is 2. The van der Waals surface area contributed by atoms with Crippen molar-refractivity contribution in [2.24, 2.45) is 5.92 Å². The van der Waals surface area contributed by atoms with Gasteiger partial charge < -0.3 is 15.1 Å². The zero-order valence-electron chi connectivity index (χ0n) is 14.0. The summed E-state index contributed by atoms with van der Waals surface area (Å²) in [5.41, 5.74) is 0.376. The van der Waals surface area contributed by atoms with E-state index in [0.717, 1.165) is 5.92 Å². The van der Waals surface area contributed by atoms with Crippen molar-refractivity contribution in [2.75, 3.05) is 45.8 Å². The molecule has 3 nitrogen and oxygen atoms in total. The first-order valence-electron chi connectivity index (χ1n) is 8.91. The number of hydrogen-bond donors (Lipinski definition) is 1. The Hall–Kier alpha value is -0.120. The summed E-state index contributed by atoms with van der Waals surface area (Å²) in [6, 6.07) is 0. The zero-order chi connectivity index (χ0) is 14.4. The topological polar surface area (TPSA) is 18.5 Å². The van der Waals surface area contributed by atoms with Crippen LogP contribution in [0.5, 0.6) is 0 Å². The van der Waals surface area contributed by atoms with E-state index in [1.54, 1.807) is 0 Å². The van der Waals surface area contributed by atoms with Gasteiger partial charge in [0.25, 0.3) is 0 Å². The maximum absolute atomic E-state index is 3.83. The predicted molar refractivity (Wildman–Crippen MR) is 87.2 cm³/mol. The van der Waals surface area contributed by atoms with Crippen LogP contribution in [0.3, 0.4) is 0 Å². The van der Waals surface area contributed by atoms with Gasteiger partial charge in [-0.25, -0.2) is 0 Å². The third kappa shape index (κ3) is 4.19. The Balaban J connectivity index is 1.85. The molecule has 0 aliphatic carbocycles. The van der Waals surface area contributed by atoms with Crippen molar-refractivity contribution >= 4 is 0 Å². The minimum atomic E-state index is 0.376. The Labute approximate surface area is 126 Å². The molecule has 20 heavy (non-hydrogen) atoms. The molecule has 2 aliphatic heterocycles. The third-order valence-electron chi connectivity index (χ3n) is 5.70. The summed E-state index contributed by atoms with van der Waals surface area (Å²) in [4.78, 5) is 5.36. The molecule has 0 aromatic heterocycles. The van der Waals surface area contributed by atoms with Gasteiger partial charge in [0.05, 0.1) is 0 Å². The van der Waals surface area contributed by atoms with Gasteiger partial charge in [-0.15, -0.1) is 0 Å². The summed E-state index contributed by atoms with van der Waals surface area (Å²) in [5, 5.41) is 3.83. The van der Waals surface area contributed by atoms with Gasteiger partial charge >= 0.3 is 0 Å². The molecule has 0 aromatic carbocycles. The van der Waals surface area contributed by atoms with E-state index < -0.39 is 0 Å². The van der Waals surface area contributed by atoms with Gasteiger partial charge in [-0.3, -0.25) is 0 Å². The molecule has 2 fully saturated rings. The van der Waals surface area contributed by atoms with Crippen LogP contribution < -0.4 is 5.32 Å². The van der Waals surface area contributed by atoms with E-state index in [2.05, 4.69) is 35.9 Å². The van der Waals surface area contributed by atoms with Crippen molar-refractivity contribution < 1.29 is 0 Å². The molecule has 2 aliphatic rings. The molecule has 0 saturated carbocycles. The van der Waals surface area contributed by atoms with E-state index in [1.807, 2.05) is 0 Å². The van der Waals surface area contributed by atoms with Gasteiger partial charge in [0.1, 0.15) is 0 Å². The first-order chi connectivity index (χ1) is 9.71. The SMILES string of the molecule is CCN1CCC(CN2CCCNC(CC)(CC)C2)CC1. The second-order valence-electron chi connectivity index (χ2n) is 6.88. The lowest BCUT2D eigenvalue weighted by Crippen LogP contribution is -2.51. The second-order valence-corrected chi connectivity index (χ2v) is 6.88. The fraction of sp³-hybridized carbons (Fsp3) is 1.00. The van der Waals surface area contributed by atoms with Crippen molar-refractivity contribution in [1.29, 1.82) is 0 Å². The molecule has 0 radical (unpaired) electrons. The van der Waals surface area contributed by atoms with Crippen LogP contribution in [0.4, 0.5) is 0 Å². The van der Waals surface area contributed by atoms with Gasteiger partial charge in [0, 0.05) is 18.6 Å². The molecule has 118 valence electrons. The highest BCUT2D eigenvalue weighted by Crippen LogP contribution is 2.23. The quantitative estimate of drug-likeness (QED) is 0.835. The van der Waals surface area contributed by atoms with E-state index in [0.29, 0.717) is 5.54 Å². The standard InChI is InChI=1S/C17H35N3/c1-4-17(5-2)15-20(11-7-10-18-17)14-16-8-12-19(6-3)13-9-16/h16,18H,4-15H2,1-3H3. The number of hydrogen-bond acceptors (Lipinski definition) is 3. The van der Waals surface area contributed by atoms with Crippen LogP contribution in [-0.2, 0) is 0 Å².